The second kappa shape index (κ2) is 13.1. The molecule has 0 bridgehead atoms. The molecule has 0 saturated carbocycles. The number of aryl methyl sites for hydroxylation is 1. The summed E-state index contributed by atoms with van der Waals surface area (Å²) >= 11 is -1.81. The monoisotopic (exact) mass is 536 g/mol. The Morgan fingerprint density at radius 2 is 1.92 bits per heavy atom. The lowest BCUT2D eigenvalue weighted by Gasteiger charge is -2.36. The van der Waals surface area contributed by atoms with Crippen LogP contribution in [0.4, 0.5) is 0 Å². The molecule has 0 saturated heterocycles. The number of methoxy groups -OCH3 is 1. The zero-order chi connectivity index (χ0) is 26.2. The Balaban J connectivity index is 2.01. The van der Waals surface area contributed by atoms with E-state index in [4.69, 9.17) is 9.29 Å². The lowest BCUT2D eigenvalue weighted by atomic mass is 9.87. The van der Waals surface area contributed by atoms with Gasteiger partial charge in [-0.15, -0.1) is 0 Å². The van der Waals surface area contributed by atoms with Crippen molar-refractivity contribution >= 4 is 20.9 Å². The van der Waals surface area contributed by atoms with Crippen molar-refractivity contribution in [1.82, 2.24) is 10.6 Å². The number of rotatable bonds is 13. The molecule has 1 aliphatic rings. The first-order valence-electron chi connectivity index (χ1n) is 12.8. The van der Waals surface area contributed by atoms with Gasteiger partial charge in [0.2, 0.25) is 0 Å². The van der Waals surface area contributed by atoms with E-state index in [0.29, 0.717) is 30.2 Å². The van der Waals surface area contributed by atoms with Crippen molar-refractivity contribution in [2.24, 2.45) is 0 Å². The highest BCUT2D eigenvalue weighted by Gasteiger charge is 2.42. The second-order valence-corrected chi connectivity index (χ2v) is 12.6. The Bertz CT molecular complexity index is 1120. The van der Waals surface area contributed by atoms with E-state index in [2.05, 4.69) is 24.5 Å². The van der Waals surface area contributed by atoms with Crippen LogP contribution in [-0.2, 0) is 27.3 Å². The van der Waals surface area contributed by atoms with Crippen LogP contribution in [0, 0.1) is 0 Å². The van der Waals surface area contributed by atoms with E-state index < -0.39 is 26.5 Å². The summed E-state index contributed by atoms with van der Waals surface area (Å²) in [6.45, 7) is 5.32. The molecule has 3 atom stereocenters. The number of hydrogen-bond acceptors (Lipinski definition) is 6. The van der Waals surface area contributed by atoms with Crippen LogP contribution in [0.3, 0.4) is 0 Å². The summed E-state index contributed by atoms with van der Waals surface area (Å²) in [5.74, 6) is 0.935. The van der Waals surface area contributed by atoms with Crippen molar-refractivity contribution < 1.29 is 21.9 Å². The molecule has 0 radical (unpaired) electrons. The highest BCUT2D eigenvalue weighted by molar-refractivity contribution is 7.91. The molecule has 200 valence electrons. The topological polar surface area (TPSA) is 105 Å². The molecule has 0 amide bonds. The number of ether oxygens (including phenoxy) is 1. The largest absolute Gasteiger partial charge is 0.496 e. The molecule has 0 fully saturated rings. The zero-order valence-corrected chi connectivity index (χ0v) is 23.2. The van der Waals surface area contributed by atoms with Crippen molar-refractivity contribution in [3.63, 3.8) is 0 Å². The van der Waals surface area contributed by atoms with E-state index in [-0.39, 0.29) is 17.5 Å². The first-order valence-corrected chi connectivity index (χ1v) is 15.7. The lowest BCUT2D eigenvalue weighted by Crippen LogP contribution is -2.50. The van der Waals surface area contributed by atoms with E-state index >= 15 is 0 Å². The maximum atomic E-state index is 13.9. The molecule has 1 heterocycles. The lowest BCUT2D eigenvalue weighted by molar-refractivity contribution is 0.294. The first kappa shape index (κ1) is 28.8. The molecule has 0 aromatic heterocycles. The highest BCUT2D eigenvalue weighted by atomic mass is 32.2. The summed E-state index contributed by atoms with van der Waals surface area (Å²) in [6.07, 6.45) is 4.87. The van der Waals surface area contributed by atoms with Crippen LogP contribution in [0.5, 0.6) is 5.75 Å². The summed E-state index contributed by atoms with van der Waals surface area (Å²) in [4.78, 5) is 0.384. The second-order valence-electron chi connectivity index (χ2n) is 9.57. The predicted molar refractivity (Wildman–Crippen MR) is 146 cm³/mol. The Kier molecular flexibility index (Phi) is 10.5. The summed E-state index contributed by atoms with van der Waals surface area (Å²) in [7, 11) is -1.94. The van der Waals surface area contributed by atoms with Crippen LogP contribution >= 0.6 is 0 Å². The molecule has 0 spiro atoms. The minimum Gasteiger partial charge on any atom is -0.496 e. The number of nitrogens with one attached hydrogen (secondary N) is 2. The van der Waals surface area contributed by atoms with Gasteiger partial charge in [0.15, 0.2) is 20.9 Å². The normalized spacial score (nSPS) is 21.9. The molecule has 3 unspecified atom stereocenters. The summed E-state index contributed by atoms with van der Waals surface area (Å²) in [5, 5.41) is 6.96. The smallest absolute Gasteiger partial charge is 0.180 e. The Hall–Kier alpha value is -1.78. The van der Waals surface area contributed by atoms with Gasteiger partial charge < -0.3 is 14.6 Å². The molecular formula is C27H40N2O5S2. The zero-order valence-electron chi connectivity index (χ0n) is 21.6. The van der Waals surface area contributed by atoms with Crippen molar-refractivity contribution in [3.8, 4) is 5.75 Å². The predicted octanol–water partition coefficient (Wildman–Crippen LogP) is 4.24. The number of benzene rings is 2. The van der Waals surface area contributed by atoms with Crippen LogP contribution < -0.4 is 15.4 Å². The molecule has 3 rings (SSSR count). The van der Waals surface area contributed by atoms with E-state index in [1.807, 2.05) is 42.5 Å². The van der Waals surface area contributed by atoms with E-state index in [1.165, 1.54) is 0 Å². The van der Waals surface area contributed by atoms with Crippen molar-refractivity contribution in [2.75, 3.05) is 31.7 Å². The Morgan fingerprint density at radius 1 is 1.17 bits per heavy atom. The van der Waals surface area contributed by atoms with Crippen LogP contribution in [0.2, 0.25) is 0 Å². The maximum absolute atomic E-state index is 13.9. The van der Waals surface area contributed by atoms with Crippen LogP contribution in [-0.4, -0.2) is 54.4 Å². The Labute approximate surface area is 218 Å². The highest BCUT2D eigenvalue weighted by Crippen LogP contribution is 2.41. The van der Waals surface area contributed by atoms with Crippen molar-refractivity contribution in [1.29, 1.82) is 0 Å². The Morgan fingerprint density at radius 3 is 2.56 bits per heavy atom. The molecule has 2 aromatic rings. The summed E-state index contributed by atoms with van der Waals surface area (Å²) in [5.41, 5.74) is 2.11. The third kappa shape index (κ3) is 7.16. The van der Waals surface area contributed by atoms with Gasteiger partial charge in [-0.1, -0.05) is 57.0 Å². The third-order valence-electron chi connectivity index (χ3n) is 7.05. The van der Waals surface area contributed by atoms with Gasteiger partial charge in [0.1, 0.15) is 5.75 Å². The van der Waals surface area contributed by atoms with E-state index in [0.717, 1.165) is 48.8 Å². The quantitative estimate of drug-likeness (QED) is 0.260. The molecule has 36 heavy (non-hydrogen) atoms. The number of hydrogen-bond donors (Lipinski definition) is 3. The fourth-order valence-electron chi connectivity index (χ4n) is 5.00. The minimum absolute atomic E-state index is 0.0679. The molecule has 2 aromatic carbocycles. The number of fused-ring (bicyclic) bond motifs is 1. The van der Waals surface area contributed by atoms with Gasteiger partial charge in [-0.3, -0.25) is 5.32 Å². The van der Waals surface area contributed by atoms with Crippen molar-refractivity contribution in [2.45, 2.75) is 68.8 Å². The standard InChI is InChI=1S/C27H40N2O5S2/c1-4-6-14-27(5-2)20-36(32,33)25-18-22(13-10-15-28-16-17-35(30)31)24(34-3)19-23(25)26(29-27)21-11-8-7-9-12-21/h7-9,11-12,18-19,26,28-29H,4-6,10,13-17,20H2,1-3H3,(H,30,31). The van der Waals surface area contributed by atoms with Gasteiger partial charge in [-0.2, -0.15) is 0 Å². The molecular weight excluding hydrogens is 496 g/mol. The van der Waals surface area contributed by atoms with Gasteiger partial charge in [-0.05, 0) is 61.1 Å². The average Bonchev–Trinajstić information content (AvgIpc) is 2.96. The van der Waals surface area contributed by atoms with Gasteiger partial charge in [0, 0.05) is 12.1 Å². The van der Waals surface area contributed by atoms with E-state index in [1.54, 1.807) is 7.11 Å². The third-order valence-corrected chi connectivity index (χ3v) is 9.56. The average molecular weight is 537 g/mol. The van der Waals surface area contributed by atoms with Gasteiger partial charge in [-0.25, -0.2) is 12.6 Å². The molecule has 1 aliphatic heterocycles. The molecule has 0 aliphatic carbocycles. The fraction of sp³-hybridized carbons (Fsp3) is 0.556. The molecule has 7 nitrogen and oxygen atoms in total. The fourth-order valence-corrected chi connectivity index (χ4v) is 7.49. The van der Waals surface area contributed by atoms with Gasteiger partial charge in [0.25, 0.3) is 0 Å². The van der Waals surface area contributed by atoms with Gasteiger partial charge in [0.05, 0.1) is 29.6 Å². The summed E-state index contributed by atoms with van der Waals surface area (Å²) in [6, 6.07) is 13.5. The minimum atomic E-state index is -3.56. The maximum Gasteiger partial charge on any atom is 0.180 e. The van der Waals surface area contributed by atoms with E-state index in [9.17, 15) is 12.6 Å². The van der Waals surface area contributed by atoms with Crippen LogP contribution in [0.25, 0.3) is 0 Å². The van der Waals surface area contributed by atoms with Crippen LogP contribution in [0.1, 0.15) is 68.7 Å². The first-order chi connectivity index (χ1) is 17.2. The molecule has 3 N–H and O–H groups in total. The number of sulfone groups is 1. The SMILES string of the molecule is CCCCC1(CC)CS(=O)(=O)c2cc(CCCNCCS(=O)O)c(OC)cc2C(c2ccccc2)N1. The number of unbranched alkanes of at least 4 members (excludes halogenated alkanes) is 1. The van der Waals surface area contributed by atoms with Crippen LogP contribution in [0.15, 0.2) is 47.4 Å². The summed E-state index contributed by atoms with van der Waals surface area (Å²) < 4.78 is 53.2. The van der Waals surface area contributed by atoms with Crippen molar-refractivity contribution in [3.05, 3.63) is 59.2 Å². The van der Waals surface area contributed by atoms with Gasteiger partial charge >= 0.3 is 0 Å². The molecule has 9 heteroatoms.